The normalized spacial score (nSPS) is 12.4. The second-order valence-corrected chi connectivity index (χ2v) is 4.70. The smallest absolute Gasteiger partial charge is 0.321 e. The lowest BCUT2D eigenvalue weighted by Gasteiger charge is -2.09. The van der Waals surface area contributed by atoms with Crippen molar-refractivity contribution in [2.45, 2.75) is 13.0 Å². The molecule has 2 rings (SSSR count). The van der Waals surface area contributed by atoms with E-state index in [2.05, 4.69) is 15.6 Å². The lowest BCUT2D eigenvalue weighted by Crippen LogP contribution is -2.38. The van der Waals surface area contributed by atoms with Crippen LogP contribution in [-0.2, 0) is 0 Å². The van der Waals surface area contributed by atoms with Gasteiger partial charge < -0.3 is 10.4 Å². The Kier molecular flexibility index (Phi) is 3.55. The van der Waals surface area contributed by atoms with Gasteiger partial charge in [0.15, 0.2) is 5.13 Å². The van der Waals surface area contributed by atoms with Crippen molar-refractivity contribution < 1.29 is 9.90 Å². The number of aliphatic hydroxyl groups excluding tert-OH is 1. The fraction of sp³-hybridized carbons (Fsp3) is 0.273. The van der Waals surface area contributed by atoms with Gasteiger partial charge in [0.25, 0.3) is 0 Å². The van der Waals surface area contributed by atoms with E-state index in [0.29, 0.717) is 5.13 Å². The number of nitrogens with zero attached hydrogens (tertiary/aromatic N) is 1. The predicted molar refractivity (Wildman–Crippen MR) is 68.3 cm³/mol. The molecule has 1 atom stereocenters. The number of nitrogens with one attached hydrogen (secondary N) is 2. The monoisotopic (exact) mass is 251 g/mol. The molecule has 0 bridgehead atoms. The highest BCUT2D eigenvalue weighted by atomic mass is 32.1. The molecule has 6 heteroatoms. The van der Waals surface area contributed by atoms with Crippen molar-refractivity contribution in [3.63, 3.8) is 0 Å². The van der Waals surface area contributed by atoms with Crippen LogP contribution in [-0.4, -0.2) is 28.8 Å². The molecule has 0 saturated heterocycles. The molecule has 17 heavy (non-hydrogen) atoms. The number of aliphatic hydroxyl groups is 1. The fourth-order valence-corrected chi connectivity index (χ4v) is 2.19. The number of para-hydroxylation sites is 1. The van der Waals surface area contributed by atoms with E-state index in [4.69, 9.17) is 5.11 Å². The highest BCUT2D eigenvalue weighted by molar-refractivity contribution is 7.22. The Bertz CT molecular complexity index is 493. The van der Waals surface area contributed by atoms with Gasteiger partial charge in [0.05, 0.1) is 22.9 Å². The van der Waals surface area contributed by atoms with Crippen molar-refractivity contribution in [2.75, 3.05) is 11.9 Å². The van der Waals surface area contributed by atoms with E-state index in [9.17, 15) is 4.79 Å². The van der Waals surface area contributed by atoms with Crippen LogP contribution >= 0.6 is 11.3 Å². The summed E-state index contributed by atoms with van der Waals surface area (Å²) in [5.74, 6) is 0. The number of amides is 2. The van der Waals surface area contributed by atoms with Crippen molar-refractivity contribution in [3.8, 4) is 0 Å². The summed E-state index contributed by atoms with van der Waals surface area (Å²) in [7, 11) is 0. The SMILES string of the molecule is CC(CO)NC(=O)Nc1nc2ccccc2s1. The largest absolute Gasteiger partial charge is 0.394 e. The van der Waals surface area contributed by atoms with E-state index in [1.807, 2.05) is 24.3 Å². The molecule has 0 aliphatic carbocycles. The Hall–Kier alpha value is -1.66. The van der Waals surface area contributed by atoms with E-state index < -0.39 is 0 Å². The van der Waals surface area contributed by atoms with Gasteiger partial charge in [-0.2, -0.15) is 0 Å². The number of thiazole rings is 1. The van der Waals surface area contributed by atoms with Gasteiger partial charge >= 0.3 is 6.03 Å². The molecule has 5 nitrogen and oxygen atoms in total. The van der Waals surface area contributed by atoms with E-state index in [1.165, 1.54) is 11.3 Å². The highest BCUT2D eigenvalue weighted by Gasteiger charge is 2.09. The molecular weight excluding hydrogens is 238 g/mol. The van der Waals surface area contributed by atoms with Crippen LogP contribution in [0, 0.1) is 0 Å². The van der Waals surface area contributed by atoms with Gasteiger partial charge in [-0.1, -0.05) is 23.5 Å². The first-order valence-corrected chi connectivity index (χ1v) is 6.04. The number of carbonyl (C=O) groups excluding carboxylic acids is 1. The summed E-state index contributed by atoms with van der Waals surface area (Å²) < 4.78 is 1.03. The molecule has 0 aliphatic rings. The number of hydrogen-bond donors (Lipinski definition) is 3. The second kappa shape index (κ2) is 5.11. The third-order valence-corrected chi connectivity index (χ3v) is 3.12. The number of hydrogen-bond acceptors (Lipinski definition) is 4. The maximum absolute atomic E-state index is 11.5. The minimum Gasteiger partial charge on any atom is -0.394 e. The zero-order chi connectivity index (χ0) is 12.3. The summed E-state index contributed by atoms with van der Waals surface area (Å²) in [6.45, 7) is 1.63. The summed E-state index contributed by atoms with van der Waals surface area (Å²) in [6, 6.07) is 7.05. The number of fused-ring (bicyclic) bond motifs is 1. The number of aromatic nitrogens is 1. The molecule has 1 aromatic heterocycles. The zero-order valence-electron chi connectivity index (χ0n) is 9.30. The number of carbonyl (C=O) groups is 1. The molecule has 2 amide bonds. The molecule has 1 aromatic carbocycles. The van der Waals surface area contributed by atoms with Crippen LogP contribution < -0.4 is 10.6 Å². The molecular formula is C11H13N3O2S. The first-order valence-electron chi connectivity index (χ1n) is 5.23. The average Bonchev–Trinajstić information content (AvgIpc) is 2.70. The second-order valence-electron chi connectivity index (χ2n) is 3.67. The molecule has 0 saturated carbocycles. The first-order chi connectivity index (χ1) is 8.19. The summed E-state index contributed by atoms with van der Waals surface area (Å²) in [6.07, 6.45) is 0. The average molecular weight is 251 g/mol. The van der Waals surface area contributed by atoms with Crippen molar-refractivity contribution in [1.29, 1.82) is 0 Å². The lowest BCUT2D eigenvalue weighted by molar-refractivity contribution is 0.229. The highest BCUT2D eigenvalue weighted by Crippen LogP contribution is 2.25. The molecule has 0 radical (unpaired) electrons. The van der Waals surface area contributed by atoms with E-state index >= 15 is 0 Å². The molecule has 90 valence electrons. The Morgan fingerprint density at radius 1 is 1.53 bits per heavy atom. The first kappa shape index (κ1) is 11.8. The Morgan fingerprint density at radius 2 is 2.29 bits per heavy atom. The van der Waals surface area contributed by atoms with Crippen molar-refractivity contribution in [1.82, 2.24) is 10.3 Å². The van der Waals surface area contributed by atoms with Gasteiger partial charge in [0.1, 0.15) is 0 Å². The minimum absolute atomic E-state index is 0.0900. The maximum atomic E-state index is 11.5. The molecule has 0 spiro atoms. The van der Waals surface area contributed by atoms with Crippen LogP contribution in [0.2, 0.25) is 0 Å². The molecule has 2 aromatic rings. The molecule has 3 N–H and O–H groups in total. The van der Waals surface area contributed by atoms with Crippen molar-refractivity contribution >= 4 is 32.7 Å². The maximum Gasteiger partial charge on any atom is 0.321 e. The predicted octanol–water partition coefficient (Wildman–Crippen LogP) is 1.80. The lowest BCUT2D eigenvalue weighted by atomic mass is 10.3. The topological polar surface area (TPSA) is 74.2 Å². The van der Waals surface area contributed by atoms with Crippen molar-refractivity contribution in [2.24, 2.45) is 0 Å². The molecule has 0 aliphatic heterocycles. The Labute approximate surface area is 102 Å². The number of rotatable bonds is 3. The third-order valence-electron chi connectivity index (χ3n) is 2.17. The summed E-state index contributed by atoms with van der Waals surface area (Å²) in [5, 5.41) is 14.6. The van der Waals surface area contributed by atoms with Gasteiger partial charge in [-0.3, -0.25) is 5.32 Å². The van der Waals surface area contributed by atoms with Crippen LogP contribution in [0.1, 0.15) is 6.92 Å². The quantitative estimate of drug-likeness (QED) is 0.778. The standard InChI is InChI=1S/C11H13N3O2S/c1-7(6-15)12-10(16)14-11-13-8-4-2-3-5-9(8)17-11/h2-5,7,15H,6H2,1H3,(H2,12,13,14,16). The summed E-state index contributed by atoms with van der Waals surface area (Å²) in [4.78, 5) is 15.8. The van der Waals surface area contributed by atoms with Gasteiger partial charge in [-0.05, 0) is 19.1 Å². The number of benzene rings is 1. The van der Waals surface area contributed by atoms with E-state index in [-0.39, 0.29) is 18.7 Å². The molecule has 1 heterocycles. The number of urea groups is 1. The summed E-state index contributed by atoms with van der Waals surface area (Å²) >= 11 is 1.41. The zero-order valence-corrected chi connectivity index (χ0v) is 10.1. The van der Waals surface area contributed by atoms with Crippen LogP contribution in [0.4, 0.5) is 9.93 Å². The van der Waals surface area contributed by atoms with Gasteiger partial charge in [-0.25, -0.2) is 9.78 Å². The Morgan fingerprint density at radius 3 is 3.00 bits per heavy atom. The summed E-state index contributed by atoms with van der Waals surface area (Å²) in [5.41, 5.74) is 0.864. The minimum atomic E-state index is -0.356. The van der Waals surface area contributed by atoms with Gasteiger partial charge in [-0.15, -0.1) is 0 Å². The Balaban J connectivity index is 2.05. The van der Waals surface area contributed by atoms with Gasteiger partial charge in [0, 0.05) is 0 Å². The van der Waals surface area contributed by atoms with Crippen LogP contribution in [0.15, 0.2) is 24.3 Å². The van der Waals surface area contributed by atoms with Crippen LogP contribution in [0.3, 0.4) is 0 Å². The van der Waals surface area contributed by atoms with Gasteiger partial charge in [0.2, 0.25) is 0 Å². The van der Waals surface area contributed by atoms with Crippen molar-refractivity contribution in [3.05, 3.63) is 24.3 Å². The van der Waals surface area contributed by atoms with E-state index in [1.54, 1.807) is 6.92 Å². The number of anilines is 1. The fourth-order valence-electron chi connectivity index (χ4n) is 1.33. The van der Waals surface area contributed by atoms with Crippen LogP contribution in [0.5, 0.6) is 0 Å². The van der Waals surface area contributed by atoms with E-state index in [0.717, 1.165) is 10.2 Å². The third kappa shape index (κ3) is 2.92. The molecule has 1 unspecified atom stereocenters. The molecule has 0 fully saturated rings. The van der Waals surface area contributed by atoms with Crippen LogP contribution in [0.25, 0.3) is 10.2 Å².